The van der Waals surface area contributed by atoms with E-state index in [2.05, 4.69) is 27.1 Å². The van der Waals surface area contributed by atoms with E-state index in [-0.39, 0.29) is 23.5 Å². The van der Waals surface area contributed by atoms with Gasteiger partial charge in [-0.25, -0.2) is 19.2 Å². The van der Waals surface area contributed by atoms with E-state index in [1.807, 2.05) is 6.07 Å². The number of hydrogen-bond acceptors (Lipinski definition) is 7. The zero-order valence-electron chi connectivity index (χ0n) is 19.5. The highest BCUT2D eigenvalue weighted by Gasteiger charge is 2.23. The molecule has 1 aliphatic rings. The van der Waals surface area contributed by atoms with E-state index in [4.69, 9.17) is 0 Å². The molecule has 1 amide bonds. The van der Waals surface area contributed by atoms with Gasteiger partial charge in [-0.05, 0) is 31.9 Å². The quantitative estimate of drug-likeness (QED) is 0.454. The molecule has 0 radical (unpaired) electrons. The molecule has 12 heteroatoms. The Morgan fingerprint density at radius 2 is 2.06 bits per heavy atom. The van der Waals surface area contributed by atoms with Crippen molar-refractivity contribution in [1.82, 2.24) is 23.7 Å². The third kappa shape index (κ3) is 4.03. The van der Waals surface area contributed by atoms with Gasteiger partial charge in [-0.1, -0.05) is 6.07 Å². The molecular weight excluding hydrogens is 473 g/mol. The van der Waals surface area contributed by atoms with Crippen LogP contribution in [0.1, 0.15) is 19.8 Å². The summed E-state index contributed by atoms with van der Waals surface area (Å²) in [7, 11) is 2.89. The van der Waals surface area contributed by atoms with Crippen molar-refractivity contribution in [1.29, 1.82) is 0 Å². The summed E-state index contributed by atoms with van der Waals surface area (Å²) < 4.78 is 18.5. The first-order valence-corrected chi connectivity index (χ1v) is 12.1. The molecular formula is C23H24FN7O3S. The van der Waals surface area contributed by atoms with Crippen molar-refractivity contribution in [2.24, 2.45) is 14.1 Å². The topological polar surface area (TPSA) is 107 Å². The predicted octanol–water partition coefficient (Wildman–Crippen LogP) is 2.32. The molecule has 1 aliphatic heterocycles. The van der Waals surface area contributed by atoms with Gasteiger partial charge in [0.05, 0.1) is 17.7 Å². The number of halogens is 1. The Morgan fingerprint density at radius 3 is 2.77 bits per heavy atom. The summed E-state index contributed by atoms with van der Waals surface area (Å²) in [5.74, 6) is -0.705. The lowest BCUT2D eigenvalue weighted by Crippen LogP contribution is -2.37. The van der Waals surface area contributed by atoms with Crippen molar-refractivity contribution in [3.63, 3.8) is 0 Å². The number of aromatic nitrogens is 5. The van der Waals surface area contributed by atoms with Crippen LogP contribution in [0, 0.1) is 5.82 Å². The van der Waals surface area contributed by atoms with Gasteiger partial charge in [-0.2, -0.15) is 0 Å². The first-order valence-electron chi connectivity index (χ1n) is 11.2. The standard InChI is InChI=1S/C23H24FN7O3S/c1-13-5-4-8-31(13)17-7-6-14(9-15(17)24)16-11-35-22(26-16)27-18(32)10-30-12-25-20-19(30)21(33)29(3)23(34)28(20)2/h6-7,9,11-13H,4-5,8,10H2,1-3H3,(H,26,27,32). The fraction of sp³-hybridized carbons (Fsp3) is 0.348. The predicted molar refractivity (Wildman–Crippen MR) is 132 cm³/mol. The van der Waals surface area contributed by atoms with Crippen LogP contribution in [-0.2, 0) is 25.4 Å². The SMILES string of the molecule is CC1CCCN1c1ccc(-c2csc(NC(=O)Cn3cnc4c3c(=O)n(C)c(=O)n4C)n2)cc1F. The summed E-state index contributed by atoms with van der Waals surface area (Å²) in [6, 6.07) is 5.40. The summed E-state index contributed by atoms with van der Waals surface area (Å²) in [6.07, 6.45) is 3.46. The molecule has 4 heterocycles. The highest BCUT2D eigenvalue weighted by molar-refractivity contribution is 7.14. The third-order valence-electron chi connectivity index (χ3n) is 6.39. The molecule has 1 aromatic carbocycles. The number of carbonyl (C=O) groups excluding carboxylic acids is 1. The molecule has 35 heavy (non-hydrogen) atoms. The minimum absolute atomic E-state index is 0.160. The number of aryl methyl sites for hydroxylation is 1. The van der Waals surface area contributed by atoms with Crippen LogP contribution < -0.4 is 21.5 Å². The molecule has 0 spiro atoms. The van der Waals surface area contributed by atoms with Gasteiger partial charge in [-0.15, -0.1) is 11.3 Å². The third-order valence-corrected chi connectivity index (χ3v) is 7.15. The Bertz CT molecular complexity index is 1570. The molecule has 10 nitrogen and oxygen atoms in total. The molecule has 1 N–H and O–H groups in total. The van der Waals surface area contributed by atoms with Crippen LogP contribution in [0.4, 0.5) is 15.2 Å². The summed E-state index contributed by atoms with van der Waals surface area (Å²) in [5, 5.41) is 4.82. The zero-order chi connectivity index (χ0) is 24.9. The molecule has 0 aliphatic carbocycles. The molecule has 4 aromatic rings. The smallest absolute Gasteiger partial charge is 0.332 e. The highest BCUT2D eigenvalue weighted by Crippen LogP contribution is 2.32. The Hall–Kier alpha value is -3.80. The number of nitrogens with one attached hydrogen (secondary N) is 1. The molecule has 3 aromatic heterocycles. The number of anilines is 2. The summed E-state index contributed by atoms with van der Waals surface area (Å²) in [5.41, 5.74) is 1.12. The van der Waals surface area contributed by atoms with Crippen LogP contribution in [-0.4, -0.2) is 42.2 Å². The van der Waals surface area contributed by atoms with E-state index in [1.165, 1.54) is 47.0 Å². The maximum absolute atomic E-state index is 14.8. The van der Waals surface area contributed by atoms with Gasteiger partial charge in [0.15, 0.2) is 16.3 Å². The zero-order valence-corrected chi connectivity index (χ0v) is 20.3. The van der Waals surface area contributed by atoms with Gasteiger partial charge in [-0.3, -0.25) is 18.7 Å². The Balaban J connectivity index is 1.33. The number of fused-ring (bicyclic) bond motifs is 1. The minimum Gasteiger partial charge on any atom is -0.366 e. The first-order chi connectivity index (χ1) is 16.7. The van der Waals surface area contributed by atoms with Crippen molar-refractivity contribution >= 4 is 39.2 Å². The van der Waals surface area contributed by atoms with E-state index < -0.39 is 17.2 Å². The molecule has 5 rings (SSSR count). The van der Waals surface area contributed by atoms with Gasteiger partial charge in [0.2, 0.25) is 5.91 Å². The number of benzene rings is 1. The number of amides is 1. The number of nitrogens with zero attached hydrogens (tertiary/aromatic N) is 6. The lowest BCUT2D eigenvalue weighted by Gasteiger charge is -2.24. The second kappa shape index (κ2) is 8.77. The largest absolute Gasteiger partial charge is 0.366 e. The lowest BCUT2D eigenvalue weighted by molar-refractivity contribution is -0.116. The normalized spacial score (nSPS) is 15.8. The molecule has 1 saturated heterocycles. The summed E-state index contributed by atoms with van der Waals surface area (Å²) in [6.45, 7) is 2.76. The van der Waals surface area contributed by atoms with Crippen LogP contribution in [0.2, 0.25) is 0 Å². The second-order valence-corrected chi connectivity index (χ2v) is 9.55. The monoisotopic (exact) mass is 497 g/mol. The van der Waals surface area contributed by atoms with Gasteiger partial charge in [0, 0.05) is 37.6 Å². The van der Waals surface area contributed by atoms with Crippen molar-refractivity contribution in [3.8, 4) is 11.3 Å². The molecule has 182 valence electrons. The number of carbonyl (C=O) groups is 1. The maximum atomic E-state index is 14.8. The van der Waals surface area contributed by atoms with Crippen molar-refractivity contribution in [2.45, 2.75) is 32.4 Å². The Kier molecular flexibility index (Phi) is 5.75. The number of imidazole rings is 1. The van der Waals surface area contributed by atoms with Crippen molar-refractivity contribution in [2.75, 3.05) is 16.8 Å². The van der Waals surface area contributed by atoms with Crippen LogP contribution in [0.25, 0.3) is 22.4 Å². The van der Waals surface area contributed by atoms with Gasteiger partial charge in [0.1, 0.15) is 12.4 Å². The fourth-order valence-electron chi connectivity index (χ4n) is 4.48. The molecule has 1 atom stereocenters. The lowest BCUT2D eigenvalue weighted by atomic mass is 10.1. The van der Waals surface area contributed by atoms with Gasteiger partial charge in [0.25, 0.3) is 5.56 Å². The van der Waals surface area contributed by atoms with Crippen LogP contribution >= 0.6 is 11.3 Å². The number of rotatable bonds is 5. The summed E-state index contributed by atoms with van der Waals surface area (Å²) in [4.78, 5) is 47.9. The van der Waals surface area contributed by atoms with E-state index in [9.17, 15) is 18.8 Å². The van der Waals surface area contributed by atoms with Crippen LogP contribution in [0.3, 0.4) is 0 Å². The van der Waals surface area contributed by atoms with Crippen LogP contribution in [0.5, 0.6) is 0 Å². The minimum atomic E-state index is -0.529. The summed E-state index contributed by atoms with van der Waals surface area (Å²) >= 11 is 1.22. The number of hydrogen-bond donors (Lipinski definition) is 1. The second-order valence-electron chi connectivity index (χ2n) is 8.69. The molecule has 0 bridgehead atoms. The van der Waals surface area contributed by atoms with E-state index >= 15 is 0 Å². The van der Waals surface area contributed by atoms with Gasteiger partial charge >= 0.3 is 5.69 Å². The average Bonchev–Trinajstić information content (AvgIpc) is 3.57. The van der Waals surface area contributed by atoms with E-state index in [0.29, 0.717) is 28.1 Å². The highest BCUT2D eigenvalue weighted by atomic mass is 32.1. The van der Waals surface area contributed by atoms with E-state index in [1.54, 1.807) is 11.4 Å². The van der Waals surface area contributed by atoms with Gasteiger partial charge < -0.3 is 14.8 Å². The number of thiazole rings is 1. The Labute approximate surface area is 203 Å². The van der Waals surface area contributed by atoms with Crippen molar-refractivity contribution in [3.05, 3.63) is 56.6 Å². The molecule has 1 unspecified atom stereocenters. The van der Waals surface area contributed by atoms with E-state index in [0.717, 1.165) is 24.0 Å². The average molecular weight is 498 g/mol. The maximum Gasteiger partial charge on any atom is 0.332 e. The molecule has 0 saturated carbocycles. The first kappa shape index (κ1) is 23.0. The Morgan fingerprint density at radius 1 is 1.26 bits per heavy atom. The molecule has 1 fully saturated rings. The van der Waals surface area contributed by atoms with Crippen molar-refractivity contribution < 1.29 is 9.18 Å². The van der Waals surface area contributed by atoms with Crippen LogP contribution in [0.15, 0.2) is 39.5 Å². The fourth-order valence-corrected chi connectivity index (χ4v) is 5.22.